The van der Waals surface area contributed by atoms with Crippen molar-refractivity contribution >= 4 is 29.2 Å². The van der Waals surface area contributed by atoms with E-state index in [0.29, 0.717) is 31.2 Å². The van der Waals surface area contributed by atoms with Gasteiger partial charge in [-0.05, 0) is 36.8 Å². The summed E-state index contributed by atoms with van der Waals surface area (Å²) in [5.41, 5.74) is 2.63. The van der Waals surface area contributed by atoms with Crippen LogP contribution in [0, 0.1) is 6.92 Å². The summed E-state index contributed by atoms with van der Waals surface area (Å²) in [6.45, 7) is 4.63. The summed E-state index contributed by atoms with van der Waals surface area (Å²) in [5, 5.41) is 0.702. The fourth-order valence-electron chi connectivity index (χ4n) is 3.01. The first-order valence-corrected chi connectivity index (χ1v) is 8.73. The van der Waals surface area contributed by atoms with Gasteiger partial charge in [0.15, 0.2) is 0 Å². The number of esters is 1. The molecule has 0 spiro atoms. The van der Waals surface area contributed by atoms with Crippen LogP contribution in [0.1, 0.15) is 26.5 Å². The van der Waals surface area contributed by atoms with E-state index in [-0.39, 0.29) is 17.3 Å². The van der Waals surface area contributed by atoms with Crippen LogP contribution in [0.3, 0.4) is 0 Å². The number of ether oxygens (including phenoxy) is 1. The van der Waals surface area contributed by atoms with Crippen molar-refractivity contribution in [3.8, 4) is 0 Å². The minimum Gasteiger partial charge on any atom is -0.464 e. The predicted octanol–water partition coefficient (Wildman–Crippen LogP) is 2.79. The topological polar surface area (TPSA) is 62.7 Å². The van der Waals surface area contributed by atoms with Crippen molar-refractivity contribution < 1.29 is 14.3 Å². The van der Waals surface area contributed by atoms with Crippen molar-refractivity contribution in [2.45, 2.75) is 6.92 Å². The minimum absolute atomic E-state index is 0.131. The maximum absolute atomic E-state index is 12.7. The van der Waals surface area contributed by atoms with Crippen LogP contribution in [0.5, 0.6) is 0 Å². The van der Waals surface area contributed by atoms with E-state index < -0.39 is 5.97 Å². The van der Waals surface area contributed by atoms with Gasteiger partial charge in [-0.2, -0.15) is 0 Å². The van der Waals surface area contributed by atoms with Crippen LogP contribution < -0.4 is 4.90 Å². The predicted molar refractivity (Wildman–Crippen MR) is 99.9 cm³/mol. The van der Waals surface area contributed by atoms with E-state index in [2.05, 4.69) is 14.6 Å². The van der Waals surface area contributed by atoms with Crippen molar-refractivity contribution in [1.82, 2.24) is 9.88 Å². The molecule has 1 aliphatic heterocycles. The Hall–Kier alpha value is -2.60. The monoisotopic (exact) mass is 373 g/mol. The number of benzene rings is 1. The number of aromatic nitrogens is 1. The highest BCUT2D eigenvalue weighted by atomic mass is 35.5. The highest BCUT2D eigenvalue weighted by Crippen LogP contribution is 2.25. The molecule has 1 fully saturated rings. The molecule has 2 aromatic rings. The molecule has 0 atom stereocenters. The van der Waals surface area contributed by atoms with Gasteiger partial charge in [-0.25, -0.2) is 9.78 Å². The maximum atomic E-state index is 12.7. The number of carbonyl (C=O) groups excluding carboxylic acids is 2. The lowest BCUT2D eigenvalue weighted by molar-refractivity contribution is 0.0593. The number of aryl methyl sites for hydroxylation is 1. The molecule has 0 unspecified atom stereocenters. The average Bonchev–Trinajstić information content (AvgIpc) is 2.69. The van der Waals surface area contributed by atoms with Crippen LogP contribution in [0.25, 0.3) is 0 Å². The number of carbonyl (C=O) groups is 2. The average molecular weight is 374 g/mol. The van der Waals surface area contributed by atoms with E-state index in [1.54, 1.807) is 17.0 Å². The molecule has 1 saturated heterocycles. The lowest BCUT2D eigenvalue weighted by Gasteiger charge is -2.36. The molecule has 1 aliphatic rings. The second-order valence-electron chi connectivity index (χ2n) is 6.11. The molecule has 0 aliphatic carbocycles. The first kappa shape index (κ1) is 18.2. The second-order valence-corrected chi connectivity index (χ2v) is 6.55. The molecule has 0 bridgehead atoms. The van der Waals surface area contributed by atoms with Gasteiger partial charge in [-0.1, -0.05) is 23.7 Å². The summed E-state index contributed by atoms with van der Waals surface area (Å²) in [4.78, 5) is 32.4. The van der Waals surface area contributed by atoms with E-state index >= 15 is 0 Å². The lowest BCUT2D eigenvalue weighted by Crippen LogP contribution is -2.49. The molecule has 1 aromatic heterocycles. The normalized spacial score (nSPS) is 14.3. The molecule has 2 heterocycles. The van der Waals surface area contributed by atoms with E-state index in [9.17, 15) is 9.59 Å². The van der Waals surface area contributed by atoms with E-state index in [0.717, 1.165) is 11.3 Å². The van der Waals surface area contributed by atoms with E-state index in [1.165, 1.54) is 13.2 Å². The third kappa shape index (κ3) is 3.80. The molecule has 6 nitrogen and oxygen atoms in total. The van der Waals surface area contributed by atoms with Crippen LogP contribution in [-0.4, -0.2) is 55.0 Å². The molecule has 1 amide bonds. The van der Waals surface area contributed by atoms with Gasteiger partial charge in [0.2, 0.25) is 0 Å². The zero-order valence-electron chi connectivity index (χ0n) is 14.7. The summed E-state index contributed by atoms with van der Waals surface area (Å²) in [6.07, 6.45) is 0. The Morgan fingerprint density at radius 2 is 1.77 bits per heavy atom. The number of pyridine rings is 1. The number of hydrogen-bond donors (Lipinski definition) is 0. The Bertz CT molecular complexity index is 833. The Morgan fingerprint density at radius 3 is 2.46 bits per heavy atom. The van der Waals surface area contributed by atoms with Crippen LogP contribution in [0.2, 0.25) is 5.02 Å². The number of nitrogens with zero attached hydrogens (tertiary/aromatic N) is 3. The summed E-state index contributed by atoms with van der Waals surface area (Å²) in [6, 6.07) is 10.6. The van der Waals surface area contributed by atoms with E-state index in [1.807, 2.05) is 25.1 Å². The zero-order chi connectivity index (χ0) is 18.7. The number of methoxy groups -OCH3 is 1. The molecule has 1 aromatic carbocycles. The van der Waals surface area contributed by atoms with Gasteiger partial charge >= 0.3 is 5.97 Å². The smallest absolute Gasteiger partial charge is 0.356 e. The summed E-state index contributed by atoms with van der Waals surface area (Å²) in [5.74, 6) is -0.737. The van der Waals surface area contributed by atoms with Crippen molar-refractivity contribution in [1.29, 1.82) is 0 Å². The van der Waals surface area contributed by atoms with Crippen molar-refractivity contribution in [2.24, 2.45) is 0 Å². The fraction of sp³-hybridized carbons (Fsp3) is 0.316. The van der Waals surface area contributed by atoms with E-state index in [4.69, 9.17) is 11.6 Å². The Labute approximate surface area is 157 Å². The van der Waals surface area contributed by atoms with Gasteiger partial charge in [0.1, 0.15) is 11.4 Å². The van der Waals surface area contributed by atoms with Gasteiger partial charge < -0.3 is 14.5 Å². The number of piperazine rings is 1. The summed E-state index contributed by atoms with van der Waals surface area (Å²) < 4.78 is 4.66. The molecular formula is C19H20ClN3O3. The highest BCUT2D eigenvalue weighted by Gasteiger charge is 2.24. The minimum atomic E-state index is -0.555. The number of anilines is 1. The van der Waals surface area contributed by atoms with Gasteiger partial charge in [-0.15, -0.1) is 0 Å². The number of rotatable bonds is 3. The Kier molecular flexibility index (Phi) is 5.42. The second kappa shape index (κ2) is 7.74. The molecule has 26 heavy (non-hydrogen) atoms. The molecule has 0 radical (unpaired) electrons. The Balaban J connectivity index is 1.69. The van der Waals surface area contributed by atoms with Gasteiger partial charge in [-0.3, -0.25) is 4.79 Å². The number of halogens is 1. The van der Waals surface area contributed by atoms with Crippen molar-refractivity contribution in [3.63, 3.8) is 0 Å². The van der Waals surface area contributed by atoms with Crippen LogP contribution in [0.4, 0.5) is 5.69 Å². The van der Waals surface area contributed by atoms with Crippen LogP contribution >= 0.6 is 11.6 Å². The van der Waals surface area contributed by atoms with Crippen LogP contribution in [-0.2, 0) is 4.74 Å². The number of amides is 1. The van der Waals surface area contributed by atoms with Crippen LogP contribution in [0.15, 0.2) is 36.4 Å². The van der Waals surface area contributed by atoms with Gasteiger partial charge in [0, 0.05) is 36.9 Å². The molecule has 3 rings (SSSR count). The first-order valence-electron chi connectivity index (χ1n) is 8.35. The zero-order valence-corrected chi connectivity index (χ0v) is 15.5. The highest BCUT2D eigenvalue weighted by molar-refractivity contribution is 6.30. The molecule has 136 valence electrons. The lowest BCUT2D eigenvalue weighted by atomic mass is 10.1. The fourth-order valence-corrected chi connectivity index (χ4v) is 3.17. The first-order chi connectivity index (χ1) is 12.5. The van der Waals surface area contributed by atoms with Gasteiger partial charge in [0.05, 0.1) is 7.11 Å². The summed E-state index contributed by atoms with van der Waals surface area (Å²) >= 11 is 6.11. The molecule has 0 N–H and O–H groups in total. The SMILES string of the molecule is COC(=O)c1cccc(C(=O)N2CCN(c3cc(Cl)ccc3C)CC2)n1. The number of hydrogen-bond acceptors (Lipinski definition) is 5. The summed E-state index contributed by atoms with van der Waals surface area (Å²) in [7, 11) is 1.29. The third-order valence-corrected chi connectivity index (χ3v) is 4.68. The standard InChI is InChI=1S/C19H20ClN3O3/c1-13-6-7-14(20)12-17(13)22-8-10-23(11-9-22)18(24)15-4-3-5-16(21-15)19(25)26-2/h3-7,12H,8-11H2,1-2H3. The quantitative estimate of drug-likeness (QED) is 0.774. The van der Waals surface area contributed by atoms with Gasteiger partial charge in [0.25, 0.3) is 5.91 Å². The molecule has 7 heteroatoms. The Morgan fingerprint density at radius 1 is 1.08 bits per heavy atom. The van der Waals surface area contributed by atoms with Crippen molar-refractivity contribution in [3.05, 3.63) is 58.4 Å². The molecule has 0 saturated carbocycles. The molecular weight excluding hydrogens is 354 g/mol. The largest absolute Gasteiger partial charge is 0.464 e. The maximum Gasteiger partial charge on any atom is 0.356 e. The van der Waals surface area contributed by atoms with Crippen molar-refractivity contribution in [2.75, 3.05) is 38.2 Å². The third-order valence-electron chi connectivity index (χ3n) is 4.44.